The van der Waals surface area contributed by atoms with Crippen LogP contribution in [0.2, 0.25) is 0 Å². The molecule has 1 unspecified atom stereocenters. The molecule has 1 aromatic carbocycles. The highest BCUT2D eigenvalue weighted by molar-refractivity contribution is 5.68. The standard InChI is InChI=1S/C15H23NO3/c1-9(6-13(17)18)8-16-14-11(3)7-10(2)12(4)15(14)19-5/h7,9,16H,6,8H2,1-5H3,(H,17,18). The van der Waals surface area contributed by atoms with Gasteiger partial charge in [-0.15, -0.1) is 0 Å². The monoisotopic (exact) mass is 265 g/mol. The lowest BCUT2D eigenvalue weighted by molar-refractivity contribution is -0.137. The summed E-state index contributed by atoms with van der Waals surface area (Å²) in [6.07, 6.45) is 0.166. The third kappa shape index (κ3) is 3.88. The first-order valence-corrected chi connectivity index (χ1v) is 6.47. The highest BCUT2D eigenvalue weighted by Gasteiger charge is 2.14. The van der Waals surface area contributed by atoms with Crippen LogP contribution in [-0.4, -0.2) is 24.7 Å². The average molecular weight is 265 g/mol. The van der Waals surface area contributed by atoms with Crippen LogP contribution >= 0.6 is 0 Å². The number of ether oxygens (including phenoxy) is 1. The third-order valence-corrected chi connectivity index (χ3v) is 3.34. The number of hydrogen-bond donors (Lipinski definition) is 2. The van der Waals surface area contributed by atoms with Gasteiger partial charge in [-0.2, -0.15) is 0 Å². The van der Waals surface area contributed by atoms with E-state index in [0.29, 0.717) is 6.54 Å². The van der Waals surface area contributed by atoms with Crippen LogP contribution < -0.4 is 10.1 Å². The van der Waals surface area contributed by atoms with Crippen LogP contribution in [0.25, 0.3) is 0 Å². The molecular weight excluding hydrogens is 242 g/mol. The largest absolute Gasteiger partial charge is 0.494 e. The minimum atomic E-state index is -0.766. The maximum absolute atomic E-state index is 10.7. The Bertz CT molecular complexity index is 469. The maximum Gasteiger partial charge on any atom is 0.303 e. The Hall–Kier alpha value is -1.71. The zero-order valence-electron chi connectivity index (χ0n) is 12.3. The van der Waals surface area contributed by atoms with E-state index < -0.39 is 5.97 Å². The number of methoxy groups -OCH3 is 1. The fourth-order valence-electron chi connectivity index (χ4n) is 2.17. The first-order chi connectivity index (χ1) is 8.86. The second-order valence-corrected chi connectivity index (χ2v) is 5.13. The molecule has 0 radical (unpaired) electrons. The van der Waals surface area contributed by atoms with Gasteiger partial charge < -0.3 is 15.2 Å². The fourth-order valence-corrected chi connectivity index (χ4v) is 2.17. The van der Waals surface area contributed by atoms with Crippen molar-refractivity contribution < 1.29 is 14.6 Å². The van der Waals surface area contributed by atoms with Crippen molar-refractivity contribution in [1.29, 1.82) is 0 Å². The Morgan fingerprint density at radius 2 is 2.00 bits per heavy atom. The van der Waals surface area contributed by atoms with Crippen molar-refractivity contribution in [3.05, 3.63) is 22.8 Å². The number of hydrogen-bond acceptors (Lipinski definition) is 3. The van der Waals surface area contributed by atoms with E-state index in [2.05, 4.69) is 18.3 Å². The zero-order valence-corrected chi connectivity index (χ0v) is 12.3. The van der Waals surface area contributed by atoms with E-state index in [-0.39, 0.29) is 12.3 Å². The second-order valence-electron chi connectivity index (χ2n) is 5.13. The van der Waals surface area contributed by atoms with Gasteiger partial charge >= 0.3 is 5.97 Å². The van der Waals surface area contributed by atoms with Crippen molar-refractivity contribution in [3.63, 3.8) is 0 Å². The number of nitrogens with one attached hydrogen (secondary N) is 1. The van der Waals surface area contributed by atoms with Crippen LogP contribution in [0.4, 0.5) is 5.69 Å². The van der Waals surface area contributed by atoms with E-state index in [0.717, 1.165) is 22.6 Å². The smallest absolute Gasteiger partial charge is 0.303 e. The summed E-state index contributed by atoms with van der Waals surface area (Å²) < 4.78 is 5.47. The molecule has 1 atom stereocenters. The number of aryl methyl sites for hydroxylation is 2. The van der Waals surface area contributed by atoms with Crippen molar-refractivity contribution >= 4 is 11.7 Å². The lowest BCUT2D eigenvalue weighted by Crippen LogP contribution is -2.16. The van der Waals surface area contributed by atoms with Gasteiger partial charge in [-0.1, -0.05) is 13.0 Å². The molecule has 4 heteroatoms. The van der Waals surface area contributed by atoms with Crippen LogP contribution in [0.15, 0.2) is 6.07 Å². The van der Waals surface area contributed by atoms with Gasteiger partial charge in [-0.05, 0) is 43.4 Å². The van der Waals surface area contributed by atoms with Crippen molar-refractivity contribution in [3.8, 4) is 5.75 Å². The molecule has 2 N–H and O–H groups in total. The Balaban J connectivity index is 2.89. The summed E-state index contributed by atoms with van der Waals surface area (Å²) in [7, 11) is 1.66. The summed E-state index contributed by atoms with van der Waals surface area (Å²) in [4.78, 5) is 10.7. The molecule has 0 amide bonds. The summed E-state index contributed by atoms with van der Waals surface area (Å²) >= 11 is 0. The molecule has 106 valence electrons. The summed E-state index contributed by atoms with van der Waals surface area (Å²) in [6.45, 7) is 8.65. The zero-order chi connectivity index (χ0) is 14.6. The van der Waals surface area contributed by atoms with Crippen LogP contribution in [0.5, 0.6) is 5.75 Å². The van der Waals surface area contributed by atoms with Crippen molar-refractivity contribution in [1.82, 2.24) is 0 Å². The van der Waals surface area contributed by atoms with Gasteiger partial charge in [0.1, 0.15) is 5.75 Å². The van der Waals surface area contributed by atoms with Gasteiger partial charge in [0.05, 0.1) is 12.8 Å². The molecule has 0 aromatic heterocycles. The molecule has 0 aliphatic heterocycles. The second kappa shape index (κ2) is 6.45. The summed E-state index contributed by atoms with van der Waals surface area (Å²) in [5.74, 6) is 0.154. The lowest BCUT2D eigenvalue weighted by atomic mass is 10.0. The van der Waals surface area contributed by atoms with Crippen molar-refractivity contribution in [2.45, 2.75) is 34.1 Å². The van der Waals surface area contributed by atoms with Gasteiger partial charge in [0.25, 0.3) is 0 Å². The molecular formula is C15H23NO3. The highest BCUT2D eigenvalue weighted by atomic mass is 16.5. The van der Waals surface area contributed by atoms with Crippen LogP contribution in [0, 0.1) is 26.7 Å². The predicted octanol–water partition coefficient (Wildman–Crippen LogP) is 3.14. The number of anilines is 1. The predicted molar refractivity (Wildman–Crippen MR) is 77.1 cm³/mol. The van der Waals surface area contributed by atoms with Gasteiger partial charge in [0.2, 0.25) is 0 Å². The molecule has 1 aromatic rings. The molecule has 19 heavy (non-hydrogen) atoms. The van der Waals surface area contributed by atoms with E-state index in [4.69, 9.17) is 9.84 Å². The van der Waals surface area contributed by atoms with Gasteiger partial charge in [-0.3, -0.25) is 4.79 Å². The first-order valence-electron chi connectivity index (χ1n) is 6.47. The number of rotatable bonds is 6. The summed E-state index contributed by atoms with van der Waals surface area (Å²) in [5.41, 5.74) is 4.38. The SMILES string of the molecule is COc1c(C)c(C)cc(C)c1NCC(C)CC(=O)O. The molecule has 0 saturated carbocycles. The van der Waals surface area contributed by atoms with Crippen molar-refractivity contribution in [2.24, 2.45) is 5.92 Å². The number of carboxylic acids is 1. The van der Waals surface area contributed by atoms with E-state index in [9.17, 15) is 4.79 Å². The Morgan fingerprint density at radius 1 is 1.37 bits per heavy atom. The van der Waals surface area contributed by atoms with E-state index in [1.165, 1.54) is 5.56 Å². The molecule has 0 aliphatic rings. The quantitative estimate of drug-likeness (QED) is 0.829. The minimum absolute atomic E-state index is 0.0724. The molecule has 0 aliphatic carbocycles. The van der Waals surface area contributed by atoms with E-state index >= 15 is 0 Å². The van der Waals surface area contributed by atoms with E-state index in [1.54, 1.807) is 7.11 Å². The third-order valence-electron chi connectivity index (χ3n) is 3.34. The normalized spacial score (nSPS) is 12.1. The van der Waals surface area contributed by atoms with Gasteiger partial charge in [0, 0.05) is 13.0 Å². The Morgan fingerprint density at radius 3 is 2.53 bits per heavy atom. The molecule has 1 rings (SSSR count). The molecule has 4 nitrogen and oxygen atoms in total. The number of aliphatic carboxylic acids is 1. The molecule has 0 bridgehead atoms. The van der Waals surface area contributed by atoms with Crippen LogP contribution in [0.3, 0.4) is 0 Å². The van der Waals surface area contributed by atoms with Crippen LogP contribution in [0.1, 0.15) is 30.0 Å². The molecule has 0 heterocycles. The van der Waals surface area contributed by atoms with Crippen molar-refractivity contribution in [2.75, 3.05) is 19.0 Å². The Labute approximate surface area is 114 Å². The van der Waals surface area contributed by atoms with Gasteiger partial charge in [0.15, 0.2) is 0 Å². The number of benzene rings is 1. The average Bonchev–Trinajstić information content (AvgIpc) is 2.31. The lowest BCUT2D eigenvalue weighted by Gasteiger charge is -2.19. The number of carbonyl (C=O) groups is 1. The fraction of sp³-hybridized carbons (Fsp3) is 0.533. The van der Waals surface area contributed by atoms with E-state index in [1.807, 2.05) is 20.8 Å². The van der Waals surface area contributed by atoms with Crippen LogP contribution in [-0.2, 0) is 4.79 Å². The topological polar surface area (TPSA) is 58.6 Å². The summed E-state index contributed by atoms with van der Waals surface area (Å²) in [6, 6.07) is 2.11. The first kappa shape index (κ1) is 15.3. The highest BCUT2D eigenvalue weighted by Crippen LogP contribution is 2.34. The molecule has 0 saturated heterocycles. The molecule has 0 fully saturated rings. The maximum atomic E-state index is 10.7. The van der Waals surface area contributed by atoms with Gasteiger partial charge in [-0.25, -0.2) is 0 Å². The molecule has 0 spiro atoms. The summed E-state index contributed by atoms with van der Waals surface area (Å²) in [5, 5.41) is 12.1. The minimum Gasteiger partial charge on any atom is -0.494 e. The Kier molecular flexibility index (Phi) is 5.21. The number of carboxylic acid groups (broad SMARTS) is 1.